The van der Waals surface area contributed by atoms with Crippen LogP contribution in [0.2, 0.25) is 0 Å². The van der Waals surface area contributed by atoms with Crippen molar-refractivity contribution in [3.8, 4) is 5.69 Å². The molecule has 2 aromatic heterocycles. The summed E-state index contributed by atoms with van der Waals surface area (Å²) in [4.78, 5) is 16.2. The lowest BCUT2D eigenvalue weighted by molar-refractivity contribution is -0.124. The fourth-order valence-electron chi connectivity index (χ4n) is 5.48. The second-order valence-electron chi connectivity index (χ2n) is 9.24. The lowest BCUT2D eigenvalue weighted by Crippen LogP contribution is -2.35. The number of pyridine rings is 1. The molecule has 3 atom stereocenters. The Morgan fingerprint density at radius 3 is 2.85 bits per heavy atom. The Balaban J connectivity index is 1.42. The van der Waals surface area contributed by atoms with Gasteiger partial charge in [-0.25, -0.2) is 9.07 Å². The molecule has 2 aliphatic rings. The van der Waals surface area contributed by atoms with Crippen molar-refractivity contribution >= 4 is 12.0 Å². The van der Waals surface area contributed by atoms with Crippen molar-refractivity contribution in [1.29, 1.82) is 0 Å². The maximum Gasteiger partial charge on any atom is 0.246 e. The van der Waals surface area contributed by atoms with E-state index in [1.165, 1.54) is 23.3 Å². The maximum atomic E-state index is 13.4. The normalized spacial score (nSPS) is 22.3. The van der Waals surface area contributed by atoms with E-state index >= 15 is 0 Å². The molecule has 33 heavy (non-hydrogen) atoms. The summed E-state index contributed by atoms with van der Waals surface area (Å²) in [7, 11) is 0. The molecule has 1 amide bonds. The van der Waals surface area contributed by atoms with Crippen LogP contribution in [0, 0.1) is 17.2 Å². The van der Waals surface area contributed by atoms with E-state index in [1.54, 1.807) is 24.5 Å². The summed E-state index contributed by atoms with van der Waals surface area (Å²) in [5, 5.41) is 16.9. The summed E-state index contributed by atoms with van der Waals surface area (Å²) in [6.07, 6.45) is 11.3. The molecule has 1 aromatic carbocycles. The minimum absolute atomic E-state index is 0.0337. The van der Waals surface area contributed by atoms with E-state index in [0.29, 0.717) is 5.92 Å². The van der Waals surface area contributed by atoms with Crippen molar-refractivity contribution in [1.82, 2.24) is 20.1 Å². The number of nitrogens with zero attached hydrogens (tertiary/aromatic N) is 3. The number of nitrogens with one attached hydrogen (secondary N) is 1. The van der Waals surface area contributed by atoms with Gasteiger partial charge in [-0.3, -0.25) is 9.78 Å². The maximum absolute atomic E-state index is 13.4. The average molecular weight is 447 g/mol. The van der Waals surface area contributed by atoms with E-state index in [2.05, 4.69) is 28.4 Å². The van der Waals surface area contributed by atoms with Crippen LogP contribution in [-0.2, 0) is 11.2 Å². The predicted molar refractivity (Wildman–Crippen MR) is 123 cm³/mol. The fourth-order valence-corrected chi connectivity index (χ4v) is 5.48. The van der Waals surface area contributed by atoms with Gasteiger partial charge in [-0.2, -0.15) is 5.10 Å². The monoisotopic (exact) mass is 446 g/mol. The molecule has 0 aliphatic heterocycles. The number of carbonyl (C=O) groups is 1. The van der Waals surface area contributed by atoms with Gasteiger partial charge in [0.15, 0.2) is 0 Å². The Kier molecular flexibility index (Phi) is 5.58. The number of aliphatic hydroxyl groups is 1. The van der Waals surface area contributed by atoms with Gasteiger partial charge in [-0.1, -0.05) is 18.6 Å². The van der Waals surface area contributed by atoms with E-state index < -0.39 is 6.61 Å². The number of halogens is 1. The molecule has 2 N–H and O–H groups in total. The number of hydrogen-bond donors (Lipinski definition) is 2. The van der Waals surface area contributed by atoms with Crippen molar-refractivity contribution in [2.75, 3.05) is 6.61 Å². The van der Waals surface area contributed by atoms with E-state index in [4.69, 9.17) is 0 Å². The molecule has 7 heteroatoms. The number of benzene rings is 1. The molecular weight excluding hydrogens is 419 g/mol. The first-order chi connectivity index (χ1) is 16.0. The van der Waals surface area contributed by atoms with Crippen LogP contribution in [0.4, 0.5) is 4.39 Å². The van der Waals surface area contributed by atoms with Crippen LogP contribution < -0.4 is 5.32 Å². The summed E-state index contributed by atoms with van der Waals surface area (Å²) in [6, 6.07) is 10.0. The molecular formula is C26H27FN4O2. The SMILES string of the molecule is C[C@]12Cc3cnn(-c4ccc(F)cc4)c3C=C1CC[C@@H]2CC(NC(=O)CO)c1cccnc1. The summed E-state index contributed by atoms with van der Waals surface area (Å²) in [5.74, 6) is -0.287. The third-order valence-electron chi connectivity index (χ3n) is 7.31. The zero-order valence-electron chi connectivity index (χ0n) is 18.5. The number of aromatic nitrogens is 3. The van der Waals surface area contributed by atoms with Crippen LogP contribution in [-0.4, -0.2) is 32.4 Å². The second kappa shape index (κ2) is 8.56. The topological polar surface area (TPSA) is 80.0 Å². The van der Waals surface area contributed by atoms with E-state index in [-0.39, 0.29) is 23.2 Å². The largest absolute Gasteiger partial charge is 0.387 e. The summed E-state index contributed by atoms with van der Waals surface area (Å²) in [6.45, 7) is 1.78. The highest BCUT2D eigenvalue weighted by Gasteiger charge is 2.46. The van der Waals surface area contributed by atoms with Gasteiger partial charge >= 0.3 is 0 Å². The molecule has 1 fully saturated rings. The van der Waals surface area contributed by atoms with Crippen LogP contribution >= 0.6 is 0 Å². The third kappa shape index (κ3) is 3.97. The second-order valence-corrected chi connectivity index (χ2v) is 9.24. The summed E-state index contributed by atoms with van der Waals surface area (Å²) in [5.41, 5.74) is 5.38. The highest BCUT2D eigenvalue weighted by atomic mass is 19.1. The zero-order valence-corrected chi connectivity index (χ0v) is 18.5. The number of amides is 1. The number of aliphatic hydroxyl groups excluding tert-OH is 1. The first kappa shape index (κ1) is 21.5. The Morgan fingerprint density at radius 1 is 1.30 bits per heavy atom. The smallest absolute Gasteiger partial charge is 0.246 e. The van der Waals surface area contributed by atoms with Gasteiger partial charge in [-0.05, 0) is 84.6 Å². The van der Waals surface area contributed by atoms with Crippen molar-refractivity contribution < 1.29 is 14.3 Å². The van der Waals surface area contributed by atoms with Gasteiger partial charge in [0.2, 0.25) is 5.91 Å². The highest BCUT2D eigenvalue weighted by Crippen LogP contribution is 2.55. The van der Waals surface area contributed by atoms with Gasteiger partial charge in [0.25, 0.3) is 0 Å². The molecule has 5 rings (SSSR count). The van der Waals surface area contributed by atoms with Crippen LogP contribution in [0.3, 0.4) is 0 Å². The molecule has 1 unspecified atom stereocenters. The Morgan fingerprint density at radius 2 is 2.12 bits per heavy atom. The number of rotatable bonds is 6. The Bertz CT molecular complexity index is 1190. The molecule has 0 saturated heterocycles. The van der Waals surface area contributed by atoms with Gasteiger partial charge < -0.3 is 10.4 Å². The van der Waals surface area contributed by atoms with E-state index in [0.717, 1.165) is 42.6 Å². The van der Waals surface area contributed by atoms with Crippen molar-refractivity contribution in [2.24, 2.45) is 11.3 Å². The molecule has 3 aromatic rings. The molecule has 6 nitrogen and oxygen atoms in total. The minimum Gasteiger partial charge on any atom is -0.387 e. The first-order valence-electron chi connectivity index (χ1n) is 11.3. The Labute approximate surface area is 192 Å². The quantitative estimate of drug-likeness (QED) is 0.600. The molecule has 0 spiro atoms. The molecule has 0 radical (unpaired) electrons. The molecule has 2 heterocycles. The van der Waals surface area contributed by atoms with E-state index in [1.807, 2.05) is 23.0 Å². The van der Waals surface area contributed by atoms with Gasteiger partial charge in [0.05, 0.1) is 23.6 Å². The molecule has 2 aliphatic carbocycles. The lowest BCUT2D eigenvalue weighted by Gasteiger charge is -2.37. The third-order valence-corrected chi connectivity index (χ3v) is 7.31. The van der Waals surface area contributed by atoms with Gasteiger partial charge in [0.1, 0.15) is 12.4 Å². The number of allylic oxidation sites excluding steroid dienone is 1. The first-order valence-corrected chi connectivity index (χ1v) is 11.3. The van der Waals surface area contributed by atoms with Gasteiger partial charge in [0, 0.05) is 12.4 Å². The standard InChI is InChI=1S/C26H27FN4O2/c1-26-13-18-15-29-31(22-8-6-21(27)7-9-22)24(18)12-20(26)5-4-19(26)11-23(30-25(33)16-32)17-3-2-10-28-14-17/h2-3,6-10,12,14-15,19,23,32H,4-5,11,13,16H2,1H3,(H,30,33)/t19-,23?,26-/m1/s1. The van der Waals surface area contributed by atoms with Crippen molar-refractivity contribution in [3.05, 3.63) is 83.2 Å². The van der Waals surface area contributed by atoms with Crippen molar-refractivity contribution in [3.63, 3.8) is 0 Å². The summed E-state index contributed by atoms with van der Waals surface area (Å²) >= 11 is 0. The minimum atomic E-state index is -0.532. The predicted octanol–water partition coefficient (Wildman–Crippen LogP) is 4.00. The lowest BCUT2D eigenvalue weighted by atomic mass is 9.68. The molecule has 1 saturated carbocycles. The van der Waals surface area contributed by atoms with Crippen LogP contribution in [0.5, 0.6) is 0 Å². The van der Waals surface area contributed by atoms with E-state index in [9.17, 15) is 14.3 Å². The average Bonchev–Trinajstić information content (AvgIpc) is 3.37. The summed E-state index contributed by atoms with van der Waals surface area (Å²) < 4.78 is 15.3. The number of hydrogen-bond acceptors (Lipinski definition) is 4. The number of fused-ring (bicyclic) bond motifs is 2. The van der Waals surface area contributed by atoms with Gasteiger partial charge in [-0.15, -0.1) is 0 Å². The Hall–Kier alpha value is -3.32. The zero-order chi connectivity index (χ0) is 23.0. The molecule has 170 valence electrons. The fraction of sp³-hybridized carbons (Fsp3) is 0.346. The van der Waals surface area contributed by atoms with Crippen LogP contribution in [0.1, 0.15) is 49.0 Å². The van der Waals surface area contributed by atoms with Crippen molar-refractivity contribution in [2.45, 2.75) is 38.6 Å². The van der Waals surface area contributed by atoms with Crippen LogP contribution in [0.15, 0.2) is 60.6 Å². The molecule has 0 bridgehead atoms. The van der Waals surface area contributed by atoms with Crippen LogP contribution in [0.25, 0.3) is 11.8 Å². The number of carbonyl (C=O) groups excluding carboxylic acids is 1. The highest BCUT2D eigenvalue weighted by molar-refractivity contribution is 5.77.